The lowest BCUT2D eigenvalue weighted by molar-refractivity contribution is -0.154. The topological polar surface area (TPSA) is 61.8 Å². The zero-order valence-electron chi connectivity index (χ0n) is 8.81. The van der Waals surface area contributed by atoms with Crippen molar-refractivity contribution in [3.8, 4) is 0 Å². The monoisotopic (exact) mass is 314 g/mol. The standard InChI is InChI=1S/C9H12BrClO5/c1-4(12)14-3-6-8(15-5(2)13)7(11)9(10)16-6/h6-9H,3H2,1-2H3/t6-,7-,8-,9?/m1/s1. The molecule has 1 aliphatic heterocycles. The third kappa shape index (κ3) is 3.61. The zero-order chi connectivity index (χ0) is 12.3. The van der Waals surface area contributed by atoms with Crippen molar-refractivity contribution in [2.45, 2.75) is 36.4 Å². The van der Waals surface area contributed by atoms with E-state index in [-0.39, 0.29) is 6.61 Å². The molecule has 0 aliphatic carbocycles. The van der Waals surface area contributed by atoms with E-state index < -0.39 is 34.5 Å². The summed E-state index contributed by atoms with van der Waals surface area (Å²) in [5.41, 5.74) is 0. The highest BCUT2D eigenvalue weighted by Crippen LogP contribution is 2.32. The Morgan fingerprint density at radius 2 is 2.00 bits per heavy atom. The minimum Gasteiger partial charge on any atom is -0.463 e. The second-order valence-corrected chi connectivity index (χ2v) is 4.75. The molecule has 1 aliphatic rings. The maximum atomic E-state index is 10.9. The van der Waals surface area contributed by atoms with Crippen LogP contribution in [-0.2, 0) is 23.8 Å². The van der Waals surface area contributed by atoms with E-state index in [1.165, 1.54) is 13.8 Å². The second-order valence-electron chi connectivity index (χ2n) is 3.35. The number of rotatable bonds is 3. The lowest BCUT2D eigenvalue weighted by atomic mass is 10.2. The molecule has 0 N–H and O–H groups in total. The third-order valence-corrected chi connectivity index (χ3v) is 3.56. The van der Waals surface area contributed by atoms with Crippen LogP contribution in [-0.4, -0.2) is 41.1 Å². The molecule has 16 heavy (non-hydrogen) atoms. The average molecular weight is 316 g/mol. The minimum atomic E-state index is -0.622. The molecule has 1 rings (SSSR count). The summed E-state index contributed by atoms with van der Waals surface area (Å²) in [6, 6.07) is 0. The maximum Gasteiger partial charge on any atom is 0.303 e. The number of ether oxygens (including phenoxy) is 3. The molecule has 7 heteroatoms. The van der Waals surface area contributed by atoms with Crippen molar-refractivity contribution in [3.05, 3.63) is 0 Å². The summed E-state index contributed by atoms with van der Waals surface area (Å²) >= 11 is 9.19. The lowest BCUT2D eigenvalue weighted by Crippen LogP contribution is -2.35. The van der Waals surface area contributed by atoms with Crippen LogP contribution in [0.3, 0.4) is 0 Å². The van der Waals surface area contributed by atoms with Crippen molar-refractivity contribution in [2.24, 2.45) is 0 Å². The van der Waals surface area contributed by atoms with E-state index in [4.69, 9.17) is 25.8 Å². The fraction of sp³-hybridized carbons (Fsp3) is 0.778. The Bertz CT molecular complexity index is 285. The van der Waals surface area contributed by atoms with Crippen LogP contribution in [0.1, 0.15) is 13.8 Å². The van der Waals surface area contributed by atoms with Crippen molar-refractivity contribution in [2.75, 3.05) is 6.61 Å². The largest absolute Gasteiger partial charge is 0.463 e. The van der Waals surface area contributed by atoms with Gasteiger partial charge in [0, 0.05) is 13.8 Å². The van der Waals surface area contributed by atoms with Gasteiger partial charge in [0.1, 0.15) is 23.1 Å². The first-order chi connectivity index (χ1) is 7.41. The van der Waals surface area contributed by atoms with Crippen molar-refractivity contribution in [1.82, 2.24) is 0 Å². The molecule has 0 saturated carbocycles. The highest BCUT2D eigenvalue weighted by atomic mass is 79.9. The average Bonchev–Trinajstić information content (AvgIpc) is 2.42. The van der Waals surface area contributed by atoms with Crippen molar-refractivity contribution in [3.63, 3.8) is 0 Å². The predicted octanol–water partition coefficient (Wildman–Crippen LogP) is 1.21. The summed E-state index contributed by atoms with van der Waals surface area (Å²) in [5, 5.41) is -0.941. The molecule has 0 amide bonds. The Balaban J connectivity index is 2.59. The molecule has 92 valence electrons. The Morgan fingerprint density at radius 3 is 2.50 bits per heavy atom. The Kier molecular flexibility index (Phi) is 5.01. The Hall–Kier alpha value is -0.330. The number of halogens is 2. The third-order valence-electron chi connectivity index (χ3n) is 1.99. The molecule has 1 fully saturated rings. The number of esters is 2. The van der Waals surface area contributed by atoms with Crippen LogP contribution in [0, 0.1) is 0 Å². The Labute approximate surface area is 106 Å². The van der Waals surface area contributed by atoms with E-state index in [0.717, 1.165) is 0 Å². The van der Waals surface area contributed by atoms with Crippen molar-refractivity contribution < 1.29 is 23.8 Å². The summed E-state index contributed by atoms with van der Waals surface area (Å²) in [6.07, 6.45) is -1.16. The molecule has 4 atom stereocenters. The van der Waals surface area contributed by atoms with E-state index in [1.807, 2.05) is 0 Å². The number of hydrogen-bond donors (Lipinski definition) is 0. The van der Waals surface area contributed by atoms with Crippen LogP contribution in [0.4, 0.5) is 0 Å². The molecule has 0 aromatic heterocycles. The smallest absolute Gasteiger partial charge is 0.303 e. The van der Waals surface area contributed by atoms with Gasteiger partial charge in [0.2, 0.25) is 0 Å². The fourth-order valence-electron chi connectivity index (χ4n) is 1.34. The number of hydrogen-bond acceptors (Lipinski definition) is 5. The molecular weight excluding hydrogens is 303 g/mol. The molecule has 0 aromatic rings. The second kappa shape index (κ2) is 5.84. The van der Waals surface area contributed by atoms with Gasteiger partial charge in [-0.05, 0) is 0 Å². The van der Waals surface area contributed by atoms with Gasteiger partial charge in [-0.15, -0.1) is 11.6 Å². The SMILES string of the molecule is CC(=O)OC[C@H]1OC(Br)[C@H](Cl)[C@@H]1OC(C)=O. The van der Waals surface area contributed by atoms with Gasteiger partial charge in [-0.1, -0.05) is 15.9 Å². The van der Waals surface area contributed by atoms with Gasteiger partial charge < -0.3 is 14.2 Å². The van der Waals surface area contributed by atoms with Gasteiger partial charge in [-0.2, -0.15) is 0 Å². The summed E-state index contributed by atoms with van der Waals surface area (Å²) in [5.74, 6) is -0.872. The van der Waals surface area contributed by atoms with E-state index in [1.54, 1.807) is 0 Å². The highest BCUT2D eigenvalue weighted by molar-refractivity contribution is 9.09. The summed E-state index contributed by atoms with van der Waals surface area (Å²) in [7, 11) is 0. The number of carbonyl (C=O) groups is 2. The molecule has 0 bridgehead atoms. The van der Waals surface area contributed by atoms with Crippen LogP contribution in [0.15, 0.2) is 0 Å². The maximum absolute atomic E-state index is 10.9. The zero-order valence-corrected chi connectivity index (χ0v) is 11.2. The van der Waals surface area contributed by atoms with Gasteiger partial charge >= 0.3 is 11.9 Å². The van der Waals surface area contributed by atoms with Gasteiger partial charge in [0.05, 0.1) is 0 Å². The molecule has 0 spiro atoms. The van der Waals surface area contributed by atoms with Gasteiger partial charge in [0.25, 0.3) is 0 Å². The van der Waals surface area contributed by atoms with Gasteiger partial charge in [0.15, 0.2) is 6.10 Å². The molecule has 1 heterocycles. The normalized spacial score (nSPS) is 33.5. The predicted molar refractivity (Wildman–Crippen MR) is 59.4 cm³/mol. The molecule has 1 saturated heterocycles. The van der Waals surface area contributed by atoms with E-state index in [0.29, 0.717) is 0 Å². The summed E-state index contributed by atoms with van der Waals surface area (Å²) in [4.78, 5) is 21.5. The molecule has 0 radical (unpaired) electrons. The van der Waals surface area contributed by atoms with Crippen LogP contribution in [0.2, 0.25) is 0 Å². The first-order valence-electron chi connectivity index (χ1n) is 4.66. The van der Waals surface area contributed by atoms with Crippen LogP contribution in [0.5, 0.6) is 0 Å². The van der Waals surface area contributed by atoms with Gasteiger partial charge in [-0.3, -0.25) is 9.59 Å². The van der Waals surface area contributed by atoms with Crippen molar-refractivity contribution in [1.29, 1.82) is 0 Å². The van der Waals surface area contributed by atoms with Gasteiger partial charge in [-0.25, -0.2) is 0 Å². The fourth-order valence-corrected chi connectivity index (χ4v) is 2.19. The summed E-state index contributed by atoms with van der Waals surface area (Å²) in [6.45, 7) is 2.59. The molecular formula is C9H12BrClO5. The van der Waals surface area contributed by atoms with Crippen molar-refractivity contribution >= 4 is 39.5 Å². The van der Waals surface area contributed by atoms with Crippen LogP contribution in [0.25, 0.3) is 0 Å². The Morgan fingerprint density at radius 1 is 1.38 bits per heavy atom. The molecule has 5 nitrogen and oxygen atoms in total. The summed E-state index contributed by atoms with van der Waals surface area (Å²) < 4.78 is 15.2. The molecule has 0 aromatic carbocycles. The minimum absolute atomic E-state index is 0.0125. The van der Waals surface area contributed by atoms with E-state index >= 15 is 0 Å². The first-order valence-corrected chi connectivity index (χ1v) is 6.01. The van der Waals surface area contributed by atoms with Crippen LogP contribution >= 0.6 is 27.5 Å². The lowest BCUT2D eigenvalue weighted by Gasteiger charge is -2.19. The highest BCUT2D eigenvalue weighted by Gasteiger charge is 2.45. The number of alkyl halides is 2. The number of carbonyl (C=O) groups excluding carboxylic acids is 2. The van der Waals surface area contributed by atoms with E-state index in [9.17, 15) is 9.59 Å². The quantitative estimate of drug-likeness (QED) is 0.579. The molecule has 1 unspecified atom stereocenters. The van der Waals surface area contributed by atoms with E-state index in [2.05, 4.69) is 15.9 Å². The van der Waals surface area contributed by atoms with Crippen LogP contribution < -0.4 is 0 Å². The first kappa shape index (κ1) is 13.7.